The summed E-state index contributed by atoms with van der Waals surface area (Å²) in [6.07, 6.45) is 0.687. The summed E-state index contributed by atoms with van der Waals surface area (Å²) < 4.78 is 4.98. The van der Waals surface area contributed by atoms with E-state index in [4.69, 9.17) is 10.5 Å². The van der Waals surface area contributed by atoms with Gasteiger partial charge in [0.25, 0.3) is 0 Å². The maximum Gasteiger partial charge on any atom is 0.330 e. The molecule has 4 N–H and O–H groups in total. The summed E-state index contributed by atoms with van der Waals surface area (Å²) in [7, 11) is 0. The predicted molar refractivity (Wildman–Crippen MR) is 39.8 cm³/mol. The van der Waals surface area contributed by atoms with E-state index in [9.17, 15) is 9.59 Å². The number of nitrogens with two attached hydrogens (primary N) is 1. The van der Waals surface area contributed by atoms with Gasteiger partial charge in [0, 0.05) is 6.61 Å². The minimum absolute atomic E-state index is 0.170. The number of nitrogens with one attached hydrogen (secondary N) is 2. The van der Waals surface area contributed by atoms with Crippen LogP contribution in [0.2, 0.25) is 0 Å². The first-order chi connectivity index (χ1) is 5.70. The van der Waals surface area contributed by atoms with Gasteiger partial charge in [-0.1, -0.05) is 0 Å². The normalized spacial score (nSPS) is 21.8. The summed E-state index contributed by atoms with van der Waals surface area (Å²) in [6.45, 7) is 1.00. The van der Waals surface area contributed by atoms with Crippen LogP contribution >= 0.6 is 0 Å². The number of urea groups is 1. The van der Waals surface area contributed by atoms with Crippen LogP contribution in [0.4, 0.5) is 4.79 Å². The Morgan fingerprint density at radius 1 is 1.42 bits per heavy atom. The van der Waals surface area contributed by atoms with Crippen molar-refractivity contribution in [1.82, 2.24) is 10.9 Å². The van der Waals surface area contributed by atoms with Crippen LogP contribution in [0, 0.1) is 5.92 Å². The molecule has 0 aromatic heterocycles. The monoisotopic (exact) mass is 173 g/mol. The highest BCUT2D eigenvalue weighted by molar-refractivity contribution is 5.82. The SMILES string of the molecule is NC(=O)NNC(=O)C1CCOC1. The zero-order valence-electron chi connectivity index (χ0n) is 6.50. The number of ether oxygens (including phenoxy) is 1. The molecule has 0 spiro atoms. The van der Waals surface area contributed by atoms with Gasteiger partial charge in [0.2, 0.25) is 5.91 Å². The Morgan fingerprint density at radius 3 is 2.67 bits per heavy atom. The van der Waals surface area contributed by atoms with Gasteiger partial charge < -0.3 is 10.5 Å². The number of rotatable bonds is 1. The zero-order chi connectivity index (χ0) is 8.97. The van der Waals surface area contributed by atoms with Gasteiger partial charge in [-0.25, -0.2) is 10.2 Å². The first kappa shape index (κ1) is 8.79. The molecule has 1 saturated heterocycles. The summed E-state index contributed by atoms with van der Waals surface area (Å²) in [4.78, 5) is 21.3. The van der Waals surface area contributed by atoms with Gasteiger partial charge in [-0.15, -0.1) is 0 Å². The lowest BCUT2D eigenvalue weighted by Crippen LogP contribution is -2.47. The Balaban J connectivity index is 2.23. The Labute approximate surface area is 69.4 Å². The number of primary amides is 1. The standard InChI is InChI=1S/C6H11N3O3/c7-6(11)9-8-5(10)4-1-2-12-3-4/h4H,1-3H2,(H,8,10)(H3,7,9,11). The number of hydrogen-bond acceptors (Lipinski definition) is 3. The zero-order valence-corrected chi connectivity index (χ0v) is 6.50. The van der Waals surface area contributed by atoms with Gasteiger partial charge in [0.1, 0.15) is 0 Å². The Hall–Kier alpha value is -1.30. The third-order valence-electron chi connectivity index (χ3n) is 1.61. The number of carbonyl (C=O) groups is 2. The molecule has 0 aliphatic carbocycles. The molecule has 6 heteroatoms. The van der Waals surface area contributed by atoms with Crippen molar-refractivity contribution in [3.8, 4) is 0 Å². The molecule has 68 valence electrons. The molecule has 1 fully saturated rings. The molecule has 0 aromatic rings. The molecule has 0 radical (unpaired) electrons. The molecule has 1 atom stereocenters. The number of hydrazine groups is 1. The maximum atomic E-state index is 11.1. The summed E-state index contributed by atoms with van der Waals surface area (Å²) in [5, 5.41) is 0. The molecule has 12 heavy (non-hydrogen) atoms. The molecule has 6 nitrogen and oxygen atoms in total. The first-order valence-electron chi connectivity index (χ1n) is 3.63. The summed E-state index contributed by atoms with van der Waals surface area (Å²) >= 11 is 0. The quantitative estimate of drug-likeness (QED) is 0.431. The average molecular weight is 173 g/mol. The van der Waals surface area contributed by atoms with Gasteiger partial charge >= 0.3 is 6.03 Å². The van der Waals surface area contributed by atoms with Crippen LogP contribution in [-0.2, 0) is 9.53 Å². The number of carbonyl (C=O) groups excluding carboxylic acids is 2. The van der Waals surface area contributed by atoms with E-state index >= 15 is 0 Å². The lowest BCUT2D eigenvalue weighted by atomic mass is 10.1. The van der Waals surface area contributed by atoms with Gasteiger partial charge in [-0.3, -0.25) is 10.2 Å². The minimum atomic E-state index is -0.776. The maximum absolute atomic E-state index is 11.1. The van der Waals surface area contributed by atoms with Crippen LogP contribution in [0.15, 0.2) is 0 Å². The third-order valence-corrected chi connectivity index (χ3v) is 1.61. The van der Waals surface area contributed by atoms with E-state index < -0.39 is 6.03 Å². The molecule has 1 aliphatic rings. The van der Waals surface area contributed by atoms with Gasteiger partial charge in [0.05, 0.1) is 12.5 Å². The highest BCUT2D eigenvalue weighted by atomic mass is 16.5. The van der Waals surface area contributed by atoms with Crippen LogP contribution in [0.25, 0.3) is 0 Å². The first-order valence-corrected chi connectivity index (χ1v) is 3.63. The van der Waals surface area contributed by atoms with Crippen molar-refractivity contribution in [2.45, 2.75) is 6.42 Å². The summed E-state index contributed by atoms with van der Waals surface area (Å²) in [5.41, 5.74) is 8.93. The third kappa shape index (κ3) is 2.39. The number of hydrogen-bond donors (Lipinski definition) is 3. The average Bonchev–Trinajstić information content (AvgIpc) is 2.51. The van der Waals surface area contributed by atoms with E-state index in [2.05, 4.69) is 5.43 Å². The van der Waals surface area contributed by atoms with E-state index in [1.165, 1.54) is 0 Å². The lowest BCUT2D eigenvalue weighted by Gasteiger charge is -2.07. The van der Waals surface area contributed by atoms with Crippen LogP contribution in [0.3, 0.4) is 0 Å². The molecular formula is C6H11N3O3. The fraction of sp³-hybridized carbons (Fsp3) is 0.667. The largest absolute Gasteiger partial charge is 0.381 e. The van der Waals surface area contributed by atoms with Crippen molar-refractivity contribution in [2.24, 2.45) is 11.7 Å². The molecule has 0 saturated carbocycles. The molecular weight excluding hydrogens is 162 g/mol. The van der Waals surface area contributed by atoms with Crippen molar-refractivity contribution < 1.29 is 14.3 Å². The van der Waals surface area contributed by atoms with Crippen LogP contribution in [0.5, 0.6) is 0 Å². The van der Waals surface area contributed by atoms with Crippen LogP contribution in [0.1, 0.15) is 6.42 Å². The molecule has 3 amide bonds. The van der Waals surface area contributed by atoms with Crippen molar-refractivity contribution in [1.29, 1.82) is 0 Å². The van der Waals surface area contributed by atoms with Gasteiger partial charge in [-0.05, 0) is 6.42 Å². The van der Waals surface area contributed by atoms with Gasteiger partial charge in [-0.2, -0.15) is 0 Å². The Bertz CT molecular complexity index is 188. The lowest BCUT2D eigenvalue weighted by molar-refractivity contribution is -0.125. The molecule has 0 bridgehead atoms. The Kier molecular flexibility index (Phi) is 2.87. The number of amides is 3. The van der Waals surface area contributed by atoms with E-state index in [1.54, 1.807) is 0 Å². The van der Waals surface area contributed by atoms with Crippen molar-refractivity contribution in [3.05, 3.63) is 0 Å². The predicted octanol–water partition coefficient (Wildman–Crippen LogP) is -1.28. The fourth-order valence-electron chi connectivity index (χ4n) is 0.967. The summed E-state index contributed by atoms with van der Waals surface area (Å²) in [6, 6.07) is -0.776. The van der Waals surface area contributed by atoms with Crippen LogP contribution in [-0.4, -0.2) is 25.2 Å². The Morgan fingerprint density at radius 2 is 2.17 bits per heavy atom. The van der Waals surface area contributed by atoms with E-state index in [1.807, 2.05) is 5.43 Å². The highest BCUT2D eigenvalue weighted by Crippen LogP contribution is 2.11. The van der Waals surface area contributed by atoms with Crippen LogP contribution < -0.4 is 16.6 Å². The van der Waals surface area contributed by atoms with E-state index in [0.29, 0.717) is 19.6 Å². The van der Waals surface area contributed by atoms with Crippen molar-refractivity contribution >= 4 is 11.9 Å². The van der Waals surface area contributed by atoms with Gasteiger partial charge in [0.15, 0.2) is 0 Å². The second kappa shape index (κ2) is 3.91. The van der Waals surface area contributed by atoms with E-state index in [-0.39, 0.29) is 11.8 Å². The highest BCUT2D eigenvalue weighted by Gasteiger charge is 2.23. The summed E-state index contributed by atoms with van der Waals surface area (Å²) in [5.74, 6) is -0.428. The molecule has 1 unspecified atom stereocenters. The molecule has 0 aromatic carbocycles. The molecule has 1 aliphatic heterocycles. The fourth-order valence-corrected chi connectivity index (χ4v) is 0.967. The topological polar surface area (TPSA) is 93.5 Å². The van der Waals surface area contributed by atoms with Crippen molar-refractivity contribution in [2.75, 3.05) is 13.2 Å². The van der Waals surface area contributed by atoms with Crippen molar-refractivity contribution in [3.63, 3.8) is 0 Å². The second-order valence-corrected chi connectivity index (χ2v) is 2.54. The smallest absolute Gasteiger partial charge is 0.330 e. The van der Waals surface area contributed by atoms with E-state index in [0.717, 1.165) is 0 Å². The minimum Gasteiger partial charge on any atom is -0.381 e. The molecule has 1 heterocycles. The molecule has 1 rings (SSSR count). The second-order valence-electron chi connectivity index (χ2n) is 2.54.